The lowest BCUT2D eigenvalue weighted by Crippen LogP contribution is -2.41. The van der Waals surface area contributed by atoms with Crippen molar-refractivity contribution < 1.29 is 17.9 Å². The second kappa shape index (κ2) is 8.31. The van der Waals surface area contributed by atoms with Crippen LogP contribution in [0.2, 0.25) is 0 Å². The first kappa shape index (κ1) is 19.4. The molecule has 0 aliphatic rings. The summed E-state index contributed by atoms with van der Waals surface area (Å²) in [5.74, 6) is 0.273. The molecule has 0 bridgehead atoms. The zero-order chi connectivity index (χ0) is 17.6. The van der Waals surface area contributed by atoms with Crippen molar-refractivity contribution in [2.24, 2.45) is 5.92 Å². The number of aryl methyl sites for hydroxylation is 1. The van der Waals surface area contributed by atoms with Crippen molar-refractivity contribution in [3.63, 3.8) is 0 Å². The molecule has 0 aliphatic heterocycles. The number of hydrogen-bond acceptors (Lipinski definition) is 4. The molecule has 0 atom stereocenters. The van der Waals surface area contributed by atoms with Crippen molar-refractivity contribution in [2.45, 2.75) is 32.6 Å². The van der Waals surface area contributed by atoms with Gasteiger partial charge < -0.3 is 10.1 Å². The predicted octanol–water partition coefficient (Wildman–Crippen LogP) is 1.79. The van der Waals surface area contributed by atoms with Gasteiger partial charge in [-0.1, -0.05) is 26.8 Å². The Bertz CT molecular complexity index is 641. The molecule has 0 unspecified atom stereocenters. The Hall–Kier alpha value is -1.60. The minimum absolute atomic E-state index is 0.0820. The Morgan fingerprint density at radius 3 is 2.52 bits per heavy atom. The van der Waals surface area contributed by atoms with Gasteiger partial charge in [0.2, 0.25) is 15.9 Å². The van der Waals surface area contributed by atoms with Gasteiger partial charge in [-0.05, 0) is 30.5 Å². The molecule has 1 aromatic rings. The number of carbonyl (C=O) groups excluding carboxylic acids is 1. The van der Waals surface area contributed by atoms with E-state index in [9.17, 15) is 13.2 Å². The van der Waals surface area contributed by atoms with Crippen LogP contribution >= 0.6 is 0 Å². The third-order valence-corrected chi connectivity index (χ3v) is 5.26. The maximum atomic E-state index is 12.8. The van der Waals surface area contributed by atoms with E-state index in [1.807, 2.05) is 20.8 Å². The molecule has 0 aliphatic carbocycles. The summed E-state index contributed by atoms with van der Waals surface area (Å²) in [6, 6.07) is 4.96. The van der Waals surface area contributed by atoms with Gasteiger partial charge >= 0.3 is 0 Å². The van der Waals surface area contributed by atoms with Crippen LogP contribution in [0, 0.1) is 12.8 Å². The SMILES string of the molecule is CCN(CC(=O)NCC(C)C)S(=O)(=O)c1cc(C)ccc1OC. The normalized spacial score (nSPS) is 11.8. The summed E-state index contributed by atoms with van der Waals surface area (Å²) < 4.78 is 32.0. The minimum atomic E-state index is -3.80. The van der Waals surface area contributed by atoms with Crippen LogP contribution in [0.5, 0.6) is 5.75 Å². The fraction of sp³-hybridized carbons (Fsp3) is 0.562. The highest BCUT2D eigenvalue weighted by atomic mass is 32.2. The van der Waals surface area contributed by atoms with E-state index in [2.05, 4.69) is 5.32 Å². The molecule has 0 saturated heterocycles. The molecule has 1 rings (SSSR count). The van der Waals surface area contributed by atoms with Gasteiger partial charge in [-0.2, -0.15) is 4.31 Å². The molecule has 1 amide bonds. The first-order chi connectivity index (χ1) is 10.7. The zero-order valence-electron chi connectivity index (χ0n) is 14.4. The lowest BCUT2D eigenvalue weighted by Gasteiger charge is -2.21. The summed E-state index contributed by atoms with van der Waals surface area (Å²) in [4.78, 5) is 12.0. The van der Waals surface area contributed by atoms with Gasteiger partial charge in [0.25, 0.3) is 0 Å². The first-order valence-corrected chi connectivity index (χ1v) is 9.07. The van der Waals surface area contributed by atoms with Gasteiger partial charge in [-0.15, -0.1) is 0 Å². The first-order valence-electron chi connectivity index (χ1n) is 7.63. The number of ether oxygens (including phenoxy) is 1. The molecule has 0 aromatic heterocycles. The molecule has 1 aromatic carbocycles. The van der Waals surface area contributed by atoms with Crippen LogP contribution in [0.15, 0.2) is 23.1 Å². The van der Waals surface area contributed by atoms with Crippen LogP contribution in [0.25, 0.3) is 0 Å². The molecule has 7 heteroatoms. The van der Waals surface area contributed by atoms with E-state index >= 15 is 0 Å². The summed E-state index contributed by atoms with van der Waals surface area (Å²) >= 11 is 0. The zero-order valence-corrected chi connectivity index (χ0v) is 15.2. The number of likely N-dealkylation sites (N-methyl/N-ethyl adjacent to an activating group) is 1. The van der Waals surface area contributed by atoms with Crippen LogP contribution in [0.4, 0.5) is 0 Å². The Morgan fingerprint density at radius 1 is 1.35 bits per heavy atom. The number of hydrogen-bond donors (Lipinski definition) is 1. The summed E-state index contributed by atoms with van der Waals surface area (Å²) in [5, 5.41) is 2.73. The fourth-order valence-electron chi connectivity index (χ4n) is 2.03. The fourth-order valence-corrected chi connectivity index (χ4v) is 3.67. The molecular formula is C16H26N2O4S. The number of sulfonamides is 1. The molecule has 130 valence electrons. The van der Waals surface area contributed by atoms with Crippen molar-refractivity contribution in [3.05, 3.63) is 23.8 Å². The lowest BCUT2D eigenvalue weighted by atomic mass is 10.2. The van der Waals surface area contributed by atoms with Gasteiger partial charge in [0.1, 0.15) is 10.6 Å². The third kappa shape index (κ3) is 5.21. The van der Waals surface area contributed by atoms with Gasteiger partial charge in [-0.25, -0.2) is 8.42 Å². The number of rotatable bonds is 8. The van der Waals surface area contributed by atoms with Crippen LogP contribution in [-0.2, 0) is 14.8 Å². The molecule has 0 heterocycles. The summed E-state index contributed by atoms with van der Waals surface area (Å²) in [7, 11) is -2.38. The molecule has 0 spiro atoms. The Labute approximate surface area is 138 Å². The predicted molar refractivity (Wildman–Crippen MR) is 90.0 cm³/mol. The van der Waals surface area contributed by atoms with Crippen LogP contribution in [0.3, 0.4) is 0 Å². The van der Waals surface area contributed by atoms with Crippen molar-refractivity contribution >= 4 is 15.9 Å². The standard InChI is InChI=1S/C16H26N2O4S/c1-6-18(11-16(19)17-10-12(2)3)23(20,21)15-9-13(4)7-8-14(15)22-5/h7-9,12H,6,10-11H2,1-5H3,(H,17,19). The number of benzene rings is 1. The van der Waals surface area contributed by atoms with Crippen LogP contribution < -0.4 is 10.1 Å². The molecule has 1 N–H and O–H groups in total. The average molecular weight is 342 g/mol. The smallest absolute Gasteiger partial charge is 0.247 e. The second-order valence-corrected chi connectivity index (χ2v) is 7.69. The monoisotopic (exact) mass is 342 g/mol. The van der Waals surface area contributed by atoms with Gasteiger partial charge in [-0.3, -0.25) is 4.79 Å². The summed E-state index contributed by atoms with van der Waals surface area (Å²) in [5.41, 5.74) is 0.810. The topological polar surface area (TPSA) is 75.7 Å². The van der Waals surface area contributed by atoms with Crippen molar-refractivity contribution in [1.29, 1.82) is 0 Å². The molecule has 0 saturated carbocycles. The summed E-state index contributed by atoms with van der Waals surface area (Å²) in [6.45, 7) is 7.99. The second-order valence-electron chi connectivity index (χ2n) is 5.78. The van der Waals surface area contributed by atoms with E-state index < -0.39 is 10.0 Å². The van der Waals surface area contributed by atoms with Crippen LogP contribution in [0.1, 0.15) is 26.3 Å². The van der Waals surface area contributed by atoms with Gasteiger partial charge in [0.05, 0.1) is 13.7 Å². The number of amides is 1. The number of methoxy groups -OCH3 is 1. The molecule has 0 fully saturated rings. The highest BCUT2D eigenvalue weighted by Gasteiger charge is 2.28. The van der Waals surface area contributed by atoms with E-state index in [0.717, 1.165) is 9.87 Å². The van der Waals surface area contributed by atoms with E-state index in [-0.39, 0.29) is 29.6 Å². The number of nitrogens with one attached hydrogen (secondary N) is 1. The van der Waals surface area contributed by atoms with Crippen molar-refractivity contribution in [2.75, 3.05) is 26.7 Å². The van der Waals surface area contributed by atoms with Gasteiger partial charge in [0, 0.05) is 13.1 Å². The highest BCUT2D eigenvalue weighted by Crippen LogP contribution is 2.27. The van der Waals surface area contributed by atoms with Crippen molar-refractivity contribution in [1.82, 2.24) is 9.62 Å². The minimum Gasteiger partial charge on any atom is -0.495 e. The lowest BCUT2D eigenvalue weighted by molar-refractivity contribution is -0.121. The largest absolute Gasteiger partial charge is 0.495 e. The van der Waals surface area contributed by atoms with Gasteiger partial charge in [0.15, 0.2) is 0 Å². The third-order valence-electron chi connectivity index (χ3n) is 3.32. The van der Waals surface area contributed by atoms with E-state index in [1.54, 1.807) is 25.1 Å². The summed E-state index contributed by atoms with van der Waals surface area (Å²) in [6.07, 6.45) is 0. The maximum Gasteiger partial charge on any atom is 0.247 e. The molecule has 6 nitrogen and oxygen atoms in total. The van der Waals surface area contributed by atoms with E-state index in [1.165, 1.54) is 7.11 Å². The molecular weight excluding hydrogens is 316 g/mol. The average Bonchev–Trinajstić information content (AvgIpc) is 2.50. The highest BCUT2D eigenvalue weighted by molar-refractivity contribution is 7.89. The number of carbonyl (C=O) groups is 1. The molecule has 0 radical (unpaired) electrons. The van der Waals surface area contributed by atoms with Crippen molar-refractivity contribution in [3.8, 4) is 5.75 Å². The number of nitrogens with zero attached hydrogens (tertiary/aromatic N) is 1. The Kier molecular flexibility index (Phi) is 7.02. The van der Waals surface area contributed by atoms with Crippen LogP contribution in [-0.4, -0.2) is 45.4 Å². The van der Waals surface area contributed by atoms with E-state index in [0.29, 0.717) is 12.5 Å². The Balaban J connectivity index is 3.04. The molecule has 23 heavy (non-hydrogen) atoms. The Morgan fingerprint density at radius 2 is 2.00 bits per heavy atom. The van der Waals surface area contributed by atoms with E-state index in [4.69, 9.17) is 4.74 Å². The maximum absolute atomic E-state index is 12.8. The quantitative estimate of drug-likeness (QED) is 0.781.